The van der Waals surface area contributed by atoms with Crippen LogP contribution in [0.1, 0.15) is 41.5 Å². The summed E-state index contributed by atoms with van der Waals surface area (Å²) < 4.78 is 0. The number of nitrogens with two attached hydrogens (primary N) is 1. The van der Waals surface area contributed by atoms with Crippen LogP contribution in [0.2, 0.25) is 0 Å². The van der Waals surface area contributed by atoms with Crippen LogP contribution in [0.4, 0.5) is 0 Å². The van der Waals surface area contributed by atoms with Gasteiger partial charge >= 0.3 is 0 Å². The average molecular weight is 187 g/mol. The largest absolute Gasteiger partial charge is 0.388 e. The van der Waals surface area contributed by atoms with Gasteiger partial charge in [0, 0.05) is 6.04 Å². The minimum atomic E-state index is -0.742. The lowest BCUT2D eigenvalue weighted by Crippen LogP contribution is -2.57. The van der Waals surface area contributed by atoms with E-state index < -0.39 is 5.60 Å². The molecule has 0 heterocycles. The molecule has 0 saturated heterocycles. The molecule has 0 bridgehead atoms. The lowest BCUT2D eigenvalue weighted by molar-refractivity contribution is -0.0784. The average Bonchev–Trinajstić information content (AvgIpc) is 2.00. The zero-order valence-corrected chi connectivity index (χ0v) is 9.83. The van der Waals surface area contributed by atoms with Crippen molar-refractivity contribution >= 4 is 0 Å². The normalized spacial score (nSPS) is 15.9. The van der Waals surface area contributed by atoms with E-state index in [9.17, 15) is 5.11 Å². The predicted octanol–water partition coefficient (Wildman–Crippen LogP) is 2.01. The first-order chi connectivity index (χ1) is 5.74. The van der Waals surface area contributed by atoms with Crippen molar-refractivity contribution in [3.05, 3.63) is 0 Å². The van der Waals surface area contributed by atoms with Gasteiger partial charge in [-0.2, -0.15) is 0 Å². The highest BCUT2D eigenvalue weighted by atomic mass is 16.3. The summed E-state index contributed by atoms with van der Waals surface area (Å²) in [4.78, 5) is 0. The van der Waals surface area contributed by atoms with E-state index in [4.69, 9.17) is 5.73 Å². The third kappa shape index (κ3) is 2.44. The molecule has 0 aromatic rings. The van der Waals surface area contributed by atoms with Gasteiger partial charge in [-0.3, -0.25) is 0 Å². The number of rotatable bonds is 4. The zero-order chi connectivity index (χ0) is 10.8. The van der Waals surface area contributed by atoms with Gasteiger partial charge in [0.15, 0.2) is 0 Å². The van der Waals surface area contributed by atoms with Gasteiger partial charge in [-0.25, -0.2) is 0 Å². The highest BCUT2D eigenvalue weighted by Crippen LogP contribution is 2.31. The Labute approximate surface area is 82.5 Å². The standard InChI is InChI=1S/C11H25NO/c1-7(2)10(12)11(13,8(3)4)9(5)6/h7-10,13H,12H2,1-6H3/t10-/m1/s1. The van der Waals surface area contributed by atoms with Crippen molar-refractivity contribution < 1.29 is 5.11 Å². The molecule has 0 unspecified atom stereocenters. The molecule has 0 aromatic carbocycles. The van der Waals surface area contributed by atoms with Crippen LogP contribution in [-0.4, -0.2) is 16.7 Å². The van der Waals surface area contributed by atoms with Crippen LogP contribution in [-0.2, 0) is 0 Å². The van der Waals surface area contributed by atoms with Gasteiger partial charge in [-0.15, -0.1) is 0 Å². The summed E-state index contributed by atoms with van der Waals surface area (Å²) in [5, 5.41) is 10.5. The molecule has 1 atom stereocenters. The fourth-order valence-electron chi connectivity index (χ4n) is 1.97. The molecule has 0 aliphatic carbocycles. The Balaban J connectivity index is 4.79. The lowest BCUT2D eigenvalue weighted by Gasteiger charge is -2.43. The Morgan fingerprint density at radius 2 is 1.23 bits per heavy atom. The maximum absolute atomic E-state index is 10.5. The fourth-order valence-corrected chi connectivity index (χ4v) is 1.97. The Bertz CT molecular complexity index is 144. The molecule has 0 fully saturated rings. The minimum absolute atomic E-state index is 0.146. The molecule has 0 aliphatic heterocycles. The maximum atomic E-state index is 10.5. The second-order valence-corrected chi connectivity index (χ2v) is 4.97. The Hall–Kier alpha value is -0.0800. The quantitative estimate of drug-likeness (QED) is 0.707. The Kier molecular flexibility index (Phi) is 4.40. The summed E-state index contributed by atoms with van der Waals surface area (Å²) in [5.74, 6) is 0.713. The van der Waals surface area contributed by atoms with E-state index in [-0.39, 0.29) is 17.9 Å². The molecule has 3 N–H and O–H groups in total. The highest BCUT2D eigenvalue weighted by molar-refractivity contribution is 4.95. The topological polar surface area (TPSA) is 46.2 Å². The minimum Gasteiger partial charge on any atom is -0.388 e. The van der Waals surface area contributed by atoms with Crippen LogP contribution in [0.15, 0.2) is 0 Å². The molecule has 0 rings (SSSR count). The van der Waals surface area contributed by atoms with Crippen molar-refractivity contribution in [2.45, 2.75) is 53.2 Å². The van der Waals surface area contributed by atoms with Gasteiger partial charge in [-0.1, -0.05) is 41.5 Å². The number of hydrogen-bond donors (Lipinski definition) is 2. The van der Waals surface area contributed by atoms with Crippen LogP contribution >= 0.6 is 0 Å². The molecule has 0 saturated carbocycles. The van der Waals surface area contributed by atoms with Crippen molar-refractivity contribution in [1.29, 1.82) is 0 Å². The molecule has 0 spiro atoms. The Morgan fingerprint density at radius 1 is 0.923 bits per heavy atom. The highest BCUT2D eigenvalue weighted by Gasteiger charge is 2.41. The summed E-state index contributed by atoms with van der Waals surface area (Å²) in [6, 6.07) is -0.146. The van der Waals surface area contributed by atoms with E-state index in [1.807, 2.05) is 27.7 Å². The van der Waals surface area contributed by atoms with Gasteiger partial charge in [0.05, 0.1) is 5.60 Å². The number of aliphatic hydroxyl groups is 1. The van der Waals surface area contributed by atoms with Crippen molar-refractivity contribution in [1.82, 2.24) is 0 Å². The smallest absolute Gasteiger partial charge is 0.0845 e. The van der Waals surface area contributed by atoms with Crippen LogP contribution < -0.4 is 5.73 Å². The van der Waals surface area contributed by atoms with E-state index in [0.717, 1.165) is 0 Å². The Morgan fingerprint density at radius 3 is 1.31 bits per heavy atom. The first-order valence-corrected chi connectivity index (χ1v) is 5.22. The second kappa shape index (κ2) is 4.43. The molecule has 0 aromatic heterocycles. The maximum Gasteiger partial charge on any atom is 0.0845 e. The van der Waals surface area contributed by atoms with Crippen molar-refractivity contribution in [2.75, 3.05) is 0 Å². The van der Waals surface area contributed by atoms with E-state index in [2.05, 4.69) is 13.8 Å². The summed E-state index contributed by atoms with van der Waals surface area (Å²) >= 11 is 0. The third-order valence-corrected chi connectivity index (χ3v) is 3.10. The van der Waals surface area contributed by atoms with Crippen LogP contribution in [0, 0.1) is 17.8 Å². The molecule has 0 radical (unpaired) electrons. The lowest BCUT2D eigenvalue weighted by atomic mass is 9.72. The van der Waals surface area contributed by atoms with Crippen molar-refractivity contribution in [3.8, 4) is 0 Å². The summed E-state index contributed by atoms with van der Waals surface area (Å²) in [5.41, 5.74) is 5.30. The molecular formula is C11H25NO. The van der Waals surface area contributed by atoms with E-state index in [1.54, 1.807) is 0 Å². The molecule has 13 heavy (non-hydrogen) atoms. The van der Waals surface area contributed by atoms with Crippen LogP contribution in [0.5, 0.6) is 0 Å². The van der Waals surface area contributed by atoms with Crippen LogP contribution in [0.25, 0.3) is 0 Å². The molecular weight excluding hydrogens is 162 g/mol. The van der Waals surface area contributed by atoms with E-state index >= 15 is 0 Å². The summed E-state index contributed by atoms with van der Waals surface area (Å²) in [6.45, 7) is 12.2. The van der Waals surface area contributed by atoms with E-state index in [1.165, 1.54) is 0 Å². The fraction of sp³-hybridized carbons (Fsp3) is 1.00. The van der Waals surface area contributed by atoms with Gasteiger partial charge in [0.2, 0.25) is 0 Å². The predicted molar refractivity (Wildman–Crippen MR) is 57.4 cm³/mol. The van der Waals surface area contributed by atoms with Crippen molar-refractivity contribution in [3.63, 3.8) is 0 Å². The molecule has 0 aliphatic rings. The first kappa shape index (κ1) is 12.9. The molecule has 2 heteroatoms. The monoisotopic (exact) mass is 187 g/mol. The zero-order valence-electron chi connectivity index (χ0n) is 9.83. The third-order valence-electron chi connectivity index (χ3n) is 3.10. The first-order valence-electron chi connectivity index (χ1n) is 5.22. The van der Waals surface area contributed by atoms with E-state index in [0.29, 0.717) is 5.92 Å². The molecule has 0 amide bonds. The molecule has 2 nitrogen and oxygen atoms in total. The number of hydrogen-bond acceptors (Lipinski definition) is 2. The van der Waals surface area contributed by atoms with Gasteiger partial charge in [-0.05, 0) is 17.8 Å². The van der Waals surface area contributed by atoms with Crippen molar-refractivity contribution in [2.24, 2.45) is 23.5 Å². The van der Waals surface area contributed by atoms with Gasteiger partial charge in [0.1, 0.15) is 0 Å². The summed E-state index contributed by atoms with van der Waals surface area (Å²) in [7, 11) is 0. The molecule has 80 valence electrons. The second-order valence-electron chi connectivity index (χ2n) is 4.97. The van der Waals surface area contributed by atoms with Gasteiger partial charge < -0.3 is 10.8 Å². The van der Waals surface area contributed by atoms with Gasteiger partial charge in [0.25, 0.3) is 0 Å². The SMILES string of the molecule is CC(C)[C@@H](N)C(O)(C(C)C)C(C)C. The summed E-state index contributed by atoms with van der Waals surface area (Å²) in [6.07, 6.45) is 0. The van der Waals surface area contributed by atoms with Crippen LogP contribution in [0.3, 0.4) is 0 Å².